The molecule has 0 unspecified atom stereocenters. The maximum Gasteiger partial charge on any atom is 0.262 e. The van der Waals surface area contributed by atoms with Gasteiger partial charge in [0.1, 0.15) is 12.6 Å². The standard InChI is InChI=1S/C15H22N4O2/c1-5-10-6-16-13-12(19(10)4)11(7-17-13)14(21)18-8-15(2,3)9-20/h6-7,20H,5,8-9H2,1-4H3,(H,18,21)/p+1. The summed E-state index contributed by atoms with van der Waals surface area (Å²) in [4.78, 5) is 19.8. The second-order valence-electron chi connectivity index (χ2n) is 6.07. The van der Waals surface area contributed by atoms with Crippen LogP contribution in [-0.2, 0) is 13.5 Å². The molecule has 114 valence electrons. The van der Waals surface area contributed by atoms with E-state index < -0.39 is 0 Å². The van der Waals surface area contributed by atoms with E-state index in [1.807, 2.05) is 31.7 Å². The normalized spacial score (nSPS) is 11.9. The molecule has 0 aliphatic heterocycles. The summed E-state index contributed by atoms with van der Waals surface area (Å²) >= 11 is 0. The van der Waals surface area contributed by atoms with Gasteiger partial charge in [-0.3, -0.25) is 4.79 Å². The number of aromatic amines is 1. The molecule has 1 amide bonds. The number of rotatable bonds is 5. The summed E-state index contributed by atoms with van der Waals surface area (Å²) in [5, 5.41) is 12.1. The lowest BCUT2D eigenvalue weighted by Gasteiger charge is -2.21. The van der Waals surface area contributed by atoms with Gasteiger partial charge in [-0.1, -0.05) is 20.8 Å². The van der Waals surface area contributed by atoms with E-state index in [1.54, 1.807) is 6.20 Å². The lowest BCUT2D eigenvalue weighted by Crippen LogP contribution is -2.39. The minimum Gasteiger partial charge on any atom is -0.396 e. The highest BCUT2D eigenvalue weighted by Crippen LogP contribution is 2.15. The Morgan fingerprint density at radius 1 is 1.52 bits per heavy atom. The van der Waals surface area contributed by atoms with Gasteiger partial charge in [0.25, 0.3) is 11.4 Å². The van der Waals surface area contributed by atoms with Crippen molar-refractivity contribution in [2.24, 2.45) is 12.5 Å². The molecule has 0 bridgehead atoms. The van der Waals surface area contributed by atoms with E-state index in [0.717, 1.165) is 17.6 Å². The molecule has 2 rings (SSSR count). The third kappa shape index (κ3) is 3.05. The first-order valence-electron chi connectivity index (χ1n) is 7.13. The maximum absolute atomic E-state index is 12.4. The lowest BCUT2D eigenvalue weighted by molar-refractivity contribution is -0.653. The molecule has 2 aromatic rings. The van der Waals surface area contributed by atoms with Gasteiger partial charge < -0.3 is 15.4 Å². The summed E-state index contributed by atoms with van der Waals surface area (Å²) in [5.74, 6) is -0.159. The van der Waals surface area contributed by atoms with Crippen molar-refractivity contribution in [2.45, 2.75) is 27.2 Å². The number of nitrogens with one attached hydrogen (secondary N) is 2. The third-order valence-corrected chi connectivity index (χ3v) is 3.70. The monoisotopic (exact) mass is 291 g/mol. The highest BCUT2D eigenvalue weighted by Gasteiger charge is 2.24. The van der Waals surface area contributed by atoms with Crippen LogP contribution in [0.4, 0.5) is 0 Å². The first-order valence-corrected chi connectivity index (χ1v) is 7.13. The molecule has 0 aliphatic rings. The Kier molecular flexibility index (Phi) is 4.27. The van der Waals surface area contributed by atoms with E-state index in [4.69, 9.17) is 0 Å². The molecule has 2 heterocycles. The van der Waals surface area contributed by atoms with Crippen molar-refractivity contribution in [3.8, 4) is 0 Å². The highest BCUT2D eigenvalue weighted by molar-refractivity contribution is 6.03. The van der Waals surface area contributed by atoms with Crippen molar-refractivity contribution in [3.63, 3.8) is 0 Å². The molecule has 0 aromatic carbocycles. The molecule has 0 saturated heterocycles. The van der Waals surface area contributed by atoms with Gasteiger partial charge in [-0.25, -0.2) is 4.98 Å². The number of carbonyl (C=O) groups is 1. The highest BCUT2D eigenvalue weighted by atomic mass is 16.3. The van der Waals surface area contributed by atoms with Crippen molar-refractivity contribution >= 4 is 17.1 Å². The molecule has 2 aromatic heterocycles. The number of nitrogens with zero attached hydrogens (tertiary/aromatic N) is 2. The Hall–Kier alpha value is -1.95. The Morgan fingerprint density at radius 2 is 2.24 bits per heavy atom. The minimum absolute atomic E-state index is 0.0243. The zero-order chi connectivity index (χ0) is 15.6. The number of amides is 1. The van der Waals surface area contributed by atoms with Gasteiger partial charge in [0.2, 0.25) is 5.65 Å². The van der Waals surface area contributed by atoms with Gasteiger partial charge in [0, 0.05) is 31.2 Å². The topological polar surface area (TPSA) is 81.9 Å². The molecule has 0 atom stereocenters. The number of aliphatic hydroxyl groups excluding tert-OH is 1. The van der Waals surface area contributed by atoms with Crippen molar-refractivity contribution in [1.82, 2.24) is 15.3 Å². The largest absolute Gasteiger partial charge is 0.396 e. The molecule has 3 N–H and O–H groups in total. The summed E-state index contributed by atoms with van der Waals surface area (Å²) in [6.45, 7) is 6.30. The van der Waals surface area contributed by atoms with Crippen LogP contribution in [0.3, 0.4) is 0 Å². The molecule has 21 heavy (non-hydrogen) atoms. The summed E-state index contributed by atoms with van der Waals surface area (Å²) in [6.07, 6.45) is 4.34. The van der Waals surface area contributed by atoms with E-state index in [9.17, 15) is 9.90 Å². The summed E-state index contributed by atoms with van der Waals surface area (Å²) in [7, 11) is 1.94. The van der Waals surface area contributed by atoms with Crippen LogP contribution in [0.2, 0.25) is 0 Å². The quantitative estimate of drug-likeness (QED) is 0.709. The zero-order valence-corrected chi connectivity index (χ0v) is 13.0. The summed E-state index contributed by atoms with van der Waals surface area (Å²) < 4.78 is 1.99. The van der Waals surface area contributed by atoms with Crippen molar-refractivity contribution < 1.29 is 14.5 Å². The van der Waals surface area contributed by atoms with Crippen LogP contribution in [-0.4, -0.2) is 34.1 Å². The van der Waals surface area contributed by atoms with Crippen LogP contribution >= 0.6 is 0 Å². The molecule has 0 spiro atoms. The lowest BCUT2D eigenvalue weighted by atomic mass is 9.95. The number of aromatic nitrogens is 3. The van der Waals surface area contributed by atoms with Crippen LogP contribution in [0.1, 0.15) is 36.8 Å². The predicted molar refractivity (Wildman–Crippen MR) is 79.8 cm³/mol. The summed E-state index contributed by atoms with van der Waals surface area (Å²) in [5.41, 5.74) is 2.79. The van der Waals surface area contributed by atoms with E-state index in [2.05, 4.69) is 22.2 Å². The Bertz CT molecular complexity index is 661. The number of fused-ring (bicyclic) bond motifs is 1. The fraction of sp³-hybridized carbons (Fsp3) is 0.533. The van der Waals surface area contributed by atoms with Crippen LogP contribution in [0.15, 0.2) is 12.4 Å². The van der Waals surface area contributed by atoms with E-state index >= 15 is 0 Å². The van der Waals surface area contributed by atoms with Gasteiger partial charge in [-0.15, -0.1) is 0 Å². The fourth-order valence-electron chi connectivity index (χ4n) is 2.18. The molecule has 0 saturated carbocycles. The predicted octanol–water partition coefficient (Wildman–Crippen LogP) is 0.698. The van der Waals surface area contributed by atoms with Gasteiger partial charge in [0.15, 0.2) is 5.69 Å². The average molecular weight is 291 g/mol. The van der Waals surface area contributed by atoms with E-state index in [1.165, 1.54) is 0 Å². The molecule has 0 aliphatic carbocycles. The van der Waals surface area contributed by atoms with Crippen molar-refractivity contribution in [2.75, 3.05) is 13.2 Å². The molecular weight excluding hydrogens is 268 g/mol. The second-order valence-corrected chi connectivity index (χ2v) is 6.07. The van der Waals surface area contributed by atoms with Crippen molar-refractivity contribution in [1.29, 1.82) is 0 Å². The number of aryl methyl sites for hydroxylation is 2. The zero-order valence-electron chi connectivity index (χ0n) is 13.0. The number of carbonyl (C=O) groups excluding carboxylic acids is 1. The number of H-pyrrole nitrogens is 1. The van der Waals surface area contributed by atoms with E-state index in [-0.39, 0.29) is 17.9 Å². The Labute approximate surface area is 124 Å². The maximum atomic E-state index is 12.4. The molecule has 0 fully saturated rings. The second kappa shape index (κ2) is 5.81. The van der Waals surface area contributed by atoms with E-state index in [0.29, 0.717) is 17.8 Å². The first-order chi connectivity index (χ1) is 9.89. The van der Waals surface area contributed by atoms with Gasteiger partial charge in [-0.05, 0) is 0 Å². The molecular formula is C15H23N4O2+. The first kappa shape index (κ1) is 15.4. The van der Waals surface area contributed by atoms with Crippen LogP contribution in [0, 0.1) is 5.41 Å². The number of hydrogen-bond acceptors (Lipinski definition) is 3. The van der Waals surface area contributed by atoms with Gasteiger partial charge in [0.05, 0.1) is 6.20 Å². The summed E-state index contributed by atoms with van der Waals surface area (Å²) in [6, 6.07) is 0. The molecule has 6 nitrogen and oxygen atoms in total. The third-order valence-electron chi connectivity index (χ3n) is 3.70. The molecule has 0 radical (unpaired) electrons. The van der Waals surface area contributed by atoms with Gasteiger partial charge >= 0.3 is 0 Å². The van der Waals surface area contributed by atoms with Crippen LogP contribution in [0.25, 0.3) is 11.2 Å². The van der Waals surface area contributed by atoms with Crippen LogP contribution < -0.4 is 9.88 Å². The fourth-order valence-corrected chi connectivity index (χ4v) is 2.18. The average Bonchev–Trinajstić information content (AvgIpc) is 2.90. The molecule has 6 heteroatoms. The Balaban J connectivity index is 2.32. The van der Waals surface area contributed by atoms with Gasteiger partial charge in [-0.2, -0.15) is 4.57 Å². The van der Waals surface area contributed by atoms with Crippen molar-refractivity contribution in [3.05, 3.63) is 23.7 Å². The number of aliphatic hydroxyl groups is 1. The van der Waals surface area contributed by atoms with Crippen LogP contribution in [0.5, 0.6) is 0 Å². The smallest absolute Gasteiger partial charge is 0.262 e. The SMILES string of the molecule is CCc1cnc2[nH]cc(C(=O)NCC(C)(C)CO)c2[n+]1C. The Morgan fingerprint density at radius 3 is 2.86 bits per heavy atom. The number of hydrogen-bond donors (Lipinski definition) is 3. The minimum atomic E-state index is -0.337.